The number of hydrogen-bond acceptors (Lipinski definition) is 2. The van der Waals surface area contributed by atoms with Crippen molar-refractivity contribution in [2.75, 3.05) is 25.5 Å². The normalized spacial score (nSPS) is 18.9. The van der Waals surface area contributed by atoms with E-state index in [9.17, 15) is 9.59 Å². The molecule has 1 atom stereocenters. The summed E-state index contributed by atoms with van der Waals surface area (Å²) in [6.07, 6.45) is 0.356. The highest BCUT2D eigenvalue weighted by Crippen LogP contribution is 2.20. The van der Waals surface area contributed by atoms with Crippen molar-refractivity contribution >= 4 is 17.6 Å². The molecule has 18 heavy (non-hydrogen) atoms. The Bertz CT molecular complexity index is 445. The predicted octanol–water partition coefficient (Wildman–Crippen LogP) is 1.06. The molecule has 1 aliphatic rings. The maximum atomic E-state index is 11.9. The third kappa shape index (κ3) is 2.61. The van der Waals surface area contributed by atoms with Crippen molar-refractivity contribution in [3.05, 3.63) is 30.3 Å². The third-order valence-corrected chi connectivity index (χ3v) is 2.93. The molecule has 1 aromatic carbocycles. The first-order valence-corrected chi connectivity index (χ1v) is 5.91. The van der Waals surface area contributed by atoms with Crippen LogP contribution >= 0.6 is 0 Å². The molecule has 5 heteroatoms. The average molecular weight is 247 g/mol. The van der Waals surface area contributed by atoms with Gasteiger partial charge in [0, 0.05) is 32.7 Å². The number of amides is 3. The van der Waals surface area contributed by atoms with Gasteiger partial charge in [-0.15, -0.1) is 0 Å². The monoisotopic (exact) mass is 247 g/mol. The van der Waals surface area contributed by atoms with Crippen molar-refractivity contribution in [3.8, 4) is 0 Å². The van der Waals surface area contributed by atoms with Gasteiger partial charge in [-0.05, 0) is 12.1 Å². The standard InChI is InChI=1S/C13H17N3O2/c1-15(2)13(18)14-10-8-12(17)16(9-10)11-6-4-3-5-7-11/h3-7,10H,8-9H2,1-2H3,(H,14,18)/t10-/m1/s1. The molecule has 1 fully saturated rings. The lowest BCUT2D eigenvalue weighted by atomic mass is 10.2. The van der Waals surface area contributed by atoms with Crippen LogP contribution in [0.2, 0.25) is 0 Å². The van der Waals surface area contributed by atoms with E-state index in [0.717, 1.165) is 5.69 Å². The molecule has 1 heterocycles. The van der Waals surface area contributed by atoms with Gasteiger partial charge in [-0.3, -0.25) is 4.79 Å². The van der Waals surface area contributed by atoms with E-state index in [4.69, 9.17) is 0 Å². The third-order valence-electron chi connectivity index (χ3n) is 2.93. The zero-order valence-corrected chi connectivity index (χ0v) is 10.6. The summed E-state index contributed by atoms with van der Waals surface area (Å²) in [5, 5.41) is 2.83. The van der Waals surface area contributed by atoms with Gasteiger partial charge in [-0.1, -0.05) is 18.2 Å². The number of rotatable bonds is 2. The summed E-state index contributed by atoms with van der Waals surface area (Å²) in [5.41, 5.74) is 0.879. The van der Waals surface area contributed by atoms with Crippen LogP contribution < -0.4 is 10.2 Å². The van der Waals surface area contributed by atoms with Crippen molar-refractivity contribution < 1.29 is 9.59 Å². The highest BCUT2D eigenvalue weighted by atomic mass is 16.2. The van der Waals surface area contributed by atoms with Gasteiger partial charge in [0.15, 0.2) is 0 Å². The van der Waals surface area contributed by atoms with Crippen molar-refractivity contribution in [2.45, 2.75) is 12.5 Å². The minimum Gasteiger partial charge on any atom is -0.333 e. The quantitative estimate of drug-likeness (QED) is 0.849. The van der Waals surface area contributed by atoms with Gasteiger partial charge in [0.2, 0.25) is 5.91 Å². The van der Waals surface area contributed by atoms with E-state index < -0.39 is 0 Å². The average Bonchev–Trinajstić information content (AvgIpc) is 2.71. The van der Waals surface area contributed by atoms with Crippen LogP contribution in [0.15, 0.2) is 30.3 Å². The molecule has 3 amide bonds. The molecule has 1 aliphatic heterocycles. The minimum absolute atomic E-state index is 0.0465. The summed E-state index contributed by atoms with van der Waals surface area (Å²) >= 11 is 0. The Hall–Kier alpha value is -2.04. The lowest BCUT2D eigenvalue weighted by molar-refractivity contribution is -0.117. The van der Waals surface area contributed by atoms with Gasteiger partial charge < -0.3 is 15.1 Å². The van der Waals surface area contributed by atoms with E-state index in [-0.39, 0.29) is 18.0 Å². The minimum atomic E-state index is -0.164. The zero-order valence-electron chi connectivity index (χ0n) is 10.6. The summed E-state index contributed by atoms with van der Waals surface area (Å²) in [6.45, 7) is 0.530. The molecule has 0 bridgehead atoms. The van der Waals surface area contributed by atoms with Crippen LogP contribution in [0, 0.1) is 0 Å². The number of anilines is 1. The molecular formula is C13H17N3O2. The number of carbonyl (C=O) groups excluding carboxylic acids is 2. The van der Waals surface area contributed by atoms with Crippen molar-refractivity contribution in [1.82, 2.24) is 10.2 Å². The lowest BCUT2D eigenvalue weighted by Crippen LogP contribution is -2.42. The van der Waals surface area contributed by atoms with Crippen molar-refractivity contribution in [3.63, 3.8) is 0 Å². The second kappa shape index (κ2) is 5.08. The highest BCUT2D eigenvalue weighted by Gasteiger charge is 2.31. The Morgan fingerprint density at radius 3 is 2.61 bits per heavy atom. The molecule has 1 N–H and O–H groups in total. The first kappa shape index (κ1) is 12.4. The maximum absolute atomic E-state index is 11.9. The van der Waals surface area contributed by atoms with Crippen LogP contribution in [0.25, 0.3) is 0 Å². The molecule has 96 valence electrons. The highest BCUT2D eigenvalue weighted by molar-refractivity contribution is 5.96. The molecular weight excluding hydrogens is 230 g/mol. The van der Waals surface area contributed by atoms with Crippen molar-refractivity contribution in [1.29, 1.82) is 0 Å². The van der Waals surface area contributed by atoms with E-state index in [1.54, 1.807) is 19.0 Å². The van der Waals surface area contributed by atoms with Crippen molar-refractivity contribution in [2.24, 2.45) is 0 Å². The number of benzene rings is 1. The molecule has 1 aromatic rings. The lowest BCUT2D eigenvalue weighted by Gasteiger charge is -2.18. The molecule has 0 aromatic heterocycles. The topological polar surface area (TPSA) is 52.7 Å². The van der Waals surface area contributed by atoms with Gasteiger partial charge in [0.1, 0.15) is 0 Å². The van der Waals surface area contributed by atoms with Crippen LogP contribution in [0.3, 0.4) is 0 Å². The van der Waals surface area contributed by atoms with Gasteiger partial charge >= 0.3 is 6.03 Å². The summed E-state index contributed by atoms with van der Waals surface area (Å²) in [7, 11) is 3.36. The fourth-order valence-electron chi connectivity index (χ4n) is 1.97. The number of urea groups is 1. The second-order valence-corrected chi connectivity index (χ2v) is 4.58. The maximum Gasteiger partial charge on any atom is 0.317 e. The number of nitrogens with zero attached hydrogens (tertiary/aromatic N) is 2. The Balaban J connectivity index is 2.02. The Morgan fingerprint density at radius 1 is 1.33 bits per heavy atom. The number of carbonyl (C=O) groups is 2. The molecule has 0 saturated carbocycles. The summed E-state index contributed by atoms with van der Waals surface area (Å²) in [4.78, 5) is 26.6. The SMILES string of the molecule is CN(C)C(=O)N[C@@H]1CC(=O)N(c2ccccc2)C1. The Labute approximate surface area is 106 Å². The van der Waals surface area contributed by atoms with Gasteiger partial charge in [-0.25, -0.2) is 4.79 Å². The molecule has 0 unspecified atom stereocenters. The van der Waals surface area contributed by atoms with Gasteiger partial charge in [0.05, 0.1) is 6.04 Å². The van der Waals surface area contributed by atoms with Crippen LogP contribution in [-0.2, 0) is 4.79 Å². The van der Waals surface area contributed by atoms with Gasteiger partial charge in [0.25, 0.3) is 0 Å². The van der Waals surface area contributed by atoms with E-state index in [1.807, 2.05) is 30.3 Å². The number of hydrogen-bond donors (Lipinski definition) is 1. The molecule has 1 saturated heterocycles. The summed E-state index contributed by atoms with van der Waals surface area (Å²) < 4.78 is 0. The summed E-state index contributed by atoms with van der Waals surface area (Å²) in [6, 6.07) is 9.22. The predicted molar refractivity (Wildman–Crippen MR) is 69.4 cm³/mol. The second-order valence-electron chi connectivity index (χ2n) is 4.58. The van der Waals surface area contributed by atoms with E-state index in [2.05, 4.69) is 5.32 Å². The first-order valence-electron chi connectivity index (χ1n) is 5.91. The van der Waals surface area contributed by atoms with Gasteiger partial charge in [-0.2, -0.15) is 0 Å². The number of nitrogens with one attached hydrogen (secondary N) is 1. The van der Waals surface area contributed by atoms with Crippen LogP contribution in [0.4, 0.5) is 10.5 Å². The van der Waals surface area contributed by atoms with Crippen LogP contribution in [0.1, 0.15) is 6.42 Å². The smallest absolute Gasteiger partial charge is 0.317 e. The van der Waals surface area contributed by atoms with E-state index >= 15 is 0 Å². The molecule has 5 nitrogen and oxygen atoms in total. The summed E-state index contributed by atoms with van der Waals surface area (Å²) in [5.74, 6) is 0.0465. The fraction of sp³-hybridized carbons (Fsp3) is 0.385. The van der Waals surface area contributed by atoms with Crippen LogP contribution in [0.5, 0.6) is 0 Å². The molecule has 0 aliphatic carbocycles. The van der Waals surface area contributed by atoms with E-state index in [0.29, 0.717) is 13.0 Å². The Morgan fingerprint density at radius 2 is 2.00 bits per heavy atom. The number of para-hydroxylation sites is 1. The Kier molecular flexibility index (Phi) is 3.50. The molecule has 2 rings (SSSR count). The molecule has 0 spiro atoms. The zero-order chi connectivity index (χ0) is 13.1. The fourth-order valence-corrected chi connectivity index (χ4v) is 1.97. The van der Waals surface area contributed by atoms with E-state index in [1.165, 1.54) is 4.90 Å². The molecule has 0 radical (unpaired) electrons. The first-order chi connectivity index (χ1) is 8.58. The largest absolute Gasteiger partial charge is 0.333 e. The van der Waals surface area contributed by atoms with Crippen LogP contribution in [-0.4, -0.2) is 43.5 Å².